The molecule has 0 N–H and O–H groups in total. The first kappa shape index (κ1) is 9.01. The van der Waals surface area contributed by atoms with Crippen molar-refractivity contribution < 1.29 is 0 Å². The van der Waals surface area contributed by atoms with Gasteiger partial charge in [-0.2, -0.15) is 0 Å². The standard InChI is InChI=1S/C12H19N/c1-11-6-5-9-13(10-11)12-7-3-2-4-8-12/h3,7,12H,1-2,4-6,8-10H2. The Morgan fingerprint density at radius 1 is 1.38 bits per heavy atom. The van der Waals surface area contributed by atoms with Crippen molar-refractivity contribution in [1.29, 1.82) is 0 Å². The summed E-state index contributed by atoms with van der Waals surface area (Å²) in [6.07, 6.45) is 11.3. The zero-order chi connectivity index (χ0) is 9.10. The Bertz CT molecular complexity index is 217. The summed E-state index contributed by atoms with van der Waals surface area (Å²) in [5, 5.41) is 0. The van der Waals surface area contributed by atoms with Crippen LogP contribution in [0.3, 0.4) is 0 Å². The van der Waals surface area contributed by atoms with Gasteiger partial charge in [0.05, 0.1) is 0 Å². The van der Waals surface area contributed by atoms with E-state index in [1.54, 1.807) is 0 Å². The van der Waals surface area contributed by atoms with Crippen molar-refractivity contribution in [3.05, 3.63) is 24.3 Å². The Hall–Kier alpha value is -0.560. The zero-order valence-electron chi connectivity index (χ0n) is 8.34. The van der Waals surface area contributed by atoms with Crippen molar-refractivity contribution in [3.8, 4) is 0 Å². The van der Waals surface area contributed by atoms with Gasteiger partial charge in [-0.15, -0.1) is 0 Å². The van der Waals surface area contributed by atoms with E-state index in [0.29, 0.717) is 6.04 Å². The summed E-state index contributed by atoms with van der Waals surface area (Å²) in [4.78, 5) is 2.58. The van der Waals surface area contributed by atoms with E-state index in [1.807, 2.05) is 0 Å². The van der Waals surface area contributed by atoms with Crippen LogP contribution in [0.5, 0.6) is 0 Å². The van der Waals surface area contributed by atoms with Gasteiger partial charge < -0.3 is 0 Å². The molecule has 0 amide bonds. The molecule has 1 heteroatoms. The first-order chi connectivity index (χ1) is 6.36. The molecule has 1 saturated heterocycles. The van der Waals surface area contributed by atoms with Gasteiger partial charge in [0.15, 0.2) is 0 Å². The molecule has 0 saturated carbocycles. The SMILES string of the molecule is C=C1CCCN(C2C=CCCC2)C1. The second-order valence-corrected chi connectivity index (χ2v) is 4.25. The maximum absolute atomic E-state index is 4.09. The van der Waals surface area contributed by atoms with Crippen molar-refractivity contribution in [2.75, 3.05) is 13.1 Å². The molecule has 1 aliphatic carbocycles. The van der Waals surface area contributed by atoms with Gasteiger partial charge in [-0.3, -0.25) is 4.90 Å². The molecule has 72 valence electrons. The van der Waals surface area contributed by atoms with Crippen molar-refractivity contribution >= 4 is 0 Å². The minimum Gasteiger partial charge on any atom is -0.293 e. The van der Waals surface area contributed by atoms with Crippen LogP contribution < -0.4 is 0 Å². The predicted octanol–water partition coefficient (Wildman–Crippen LogP) is 2.75. The average Bonchev–Trinajstić information content (AvgIpc) is 2.19. The van der Waals surface area contributed by atoms with Crippen molar-refractivity contribution in [2.24, 2.45) is 0 Å². The summed E-state index contributed by atoms with van der Waals surface area (Å²) in [7, 11) is 0. The molecule has 0 radical (unpaired) electrons. The Kier molecular flexibility index (Phi) is 2.84. The Labute approximate surface area is 81.1 Å². The number of hydrogen-bond donors (Lipinski definition) is 0. The minimum absolute atomic E-state index is 0.714. The largest absolute Gasteiger partial charge is 0.293 e. The molecular formula is C12H19N. The minimum atomic E-state index is 0.714. The van der Waals surface area contributed by atoms with Crippen LogP contribution in [0.4, 0.5) is 0 Å². The lowest BCUT2D eigenvalue weighted by molar-refractivity contribution is 0.208. The molecule has 1 nitrogen and oxygen atoms in total. The van der Waals surface area contributed by atoms with Crippen LogP contribution in [-0.2, 0) is 0 Å². The van der Waals surface area contributed by atoms with Gasteiger partial charge in [-0.1, -0.05) is 24.3 Å². The average molecular weight is 177 g/mol. The summed E-state index contributed by atoms with van der Waals surface area (Å²) < 4.78 is 0. The summed E-state index contributed by atoms with van der Waals surface area (Å²) in [6.45, 7) is 6.50. The molecule has 0 aromatic heterocycles. The number of hydrogen-bond acceptors (Lipinski definition) is 1. The summed E-state index contributed by atoms with van der Waals surface area (Å²) in [5.41, 5.74) is 1.42. The third-order valence-corrected chi connectivity index (χ3v) is 3.10. The third kappa shape index (κ3) is 2.22. The fourth-order valence-corrected chi connectivity index (χ4v) is 2.36. The van der Waals surface area contributed by atoms with Crippen molar-refractivity contribution in [2.45, 2.75) is 38.1 Å². The Morgan fingerprint density at radius 2 is 2.31 bits per heavy atom. The Morgan fingerprint density at radius 3 is 3.00 bits per heavy atom. The summed E-state index contributed by atoms with van der Waals surface area (Å²) in [5.74, 6) is 0. The number of likely N-dealkylation sites (tertiary alicyclic amines) is 1. The van der Waals surface area contributed by atoms with E-state index >= 15 is 0 Å². The van der Waals surface area contributed by atoms with Crippen molar-refractivity contribution in [3.63, 3.8) is 0 Å². The van der Waals surface area contributed by atoms with Gasteiger partial charge in [-0.25, -0.2) is 0 Å². The van der Waals surface area contributed by atoms with E-state index in [9.17, 15) is 0 Å². The lowest BCUT2D eigenvalue weighted by Gasteiger charge is -2.35. The Balaban J connectivity index is 1.94. The van der Waals surface area contributed by atoms with Gasteiger partial charge >= 0.3 is 0 Å². The fourth-order valence-electron chi connectivity index (χ4n) is 2.36. The summed E-state index contributed by atoms with van der Waals surface area (Å²) in [6, 6.07) is 0.714. The molecule has 1 heterocycles. The van der Waals surface area contributed by atoms with E-state index in [4.69, 9.17) is 0 Å². The first-order valence-electron chi connectivity index (χ1n) is 5.43. The molecule has 0 aromatic carbocycles. The molecular weight excluding hydrogens is 158 g/mol. The molecule has 1 aliphatic heterocycles. The van der Waals surface area contributed by atoms with E-state index < -0.39 is 0 Å². The number of rotatable bonds is 1. The van der Waals surface area contributed by atoms with Crippen LogP contribution in [0.25, 0.3) is 0 Å². The maximum Gasteiger partial charge on any atom is 0.0281 e. The van der Waals surface area contributed by atoms with E-state index in [0.717, 1.165) is 6.54 Å². The summed E-state index contributed by atoms with van der Waals surface area (Å²) >= 11 is 0. The highest BCUT2D eigenvalue weighted by Crippen LogP contribution is 2.22. The first-order valence-corrected chi connectivity index (χ1v) is 5.43. The predicted molar refractivity (Wildman–Crippen MR) is 56.7 cm³/mol. The van der Waals surface area contributed by atoms with Crippen LogP contribution in [0.1, 0.15) is 32.1 Å². The van der Waals surface area contributed by atoms with Gasteiger partial charge in [0.25, 0.3) is 0 Å². The second-order valence-electron chi connectivity index (χ2n) is 4.25. The number of nitrogens with zero attached hydrogens (tertiary/aromatic N) is 1. The van der Waals surface area contributed by atoms with Gasteiger partial charge in [0.2, 0.25) is 0 Å². The van der Waals surface area contributed by atoms with Crippen molar-refractivity contribution in [1.82, 2.24) is 4.90 Å². The lowest BCUT2D eigenvalue weighted by Crippen LogP contribution is -2.39. The van der Waals surface area contributed by atoms with E-state index in [-0.39, 0.29) is 0 Å². The molecule has 1 fully saturated rings. The third-order valence-electron chi connectivity index (χ3n) is 3.10. The smallest absolute Gasteiger partial charge is 0.0281 e. The van der Waals surface area contributed by atoms with Gasteiger partial charge in [0, 0.05) is 12.6 Å². The highest BCUT2D eigenvalue weighted by molar-refractivity contribution is 5.06. The number of allylic oxidation sites excluding steroid dienone is 1. The molecule has 0 aromatic rings. The topological polar surface area (TPSA) is 3.24 Å². The molecule has 1 atom stereocenters. The quantitative estimate of drug-likeness (QED) is 0.557. The van der Waals surface area contributed by atoms with Crippen LogP contribution in [0.2, 0.25) is 0 Å². The van der Waals surface area contributed by atoms with Crippen LogP contribution in [0.15, 0.2) is 24.3 Å². The van der Waals surface area contributed by atoms with Crippen LogP contribution >= 0.6 is 0 Å². The molecule has 2 rings (SSSR count). The molecule has 13 heavy (non-hydrogen) atoms. The lowest BCUT2D eigenvalue weighted by atomic mass is 9.98. The van der Waals surface area contributed by atoms with Gasteiger partial charge in [-0.05, 0) is 38.6 Å². The number of piperidine rings is 1. The fraction of sp³-hybridized carbons (Fsp3) is 0.667. The maximum atomic E-state index is 4.09. The van der Waals surface area contributed by atoms with Crippen LogP contribution in [0, 0.1) is 0 Å². The molecule has 0 bridgehead atoms. The molecule has 0 spiro atoms. The highest BCUT2D eigenvalue weighted by atomic mass is 15.2. The van der Waals surface area contributed by atoms with Gasteiger partial charge in [0.1, 0.15) is 0 Å². The van der Waals surface area contributed by atoms with Crippen LogP contribution in [-0.4, -0.2) is 24.0 Å². The zero-order valence-corrected chi connectivity index (χ0v) is 8.34. The van der Waals surface area contributed by atoms with E-state index in [1.165, 1.54) is 44.2 Å². The molecule has 2 aliphatic rings. The monoisotopic (exact) mass is 177 g/mol. The highest BCUT2D eigenvalue weighted by Gasteiger charge is 2.20. The molecule has 1 unspecified atom stereocenters. The van der Waals surface area contributed by atoms with E-state index in [2.05, 4.69) is 23.6 Å². The second kappa shape index (κ2) is 4.10. The normalized spacial score (nSPS) is 30.8.